The average Bonchev–Trinajstić information content (AvgIpc) is 2.89. The van der Waals surface area contributed by atoms with Crippen LogP contribution in [0.3, 0.4) is 0 Å². The van der Waals surface area contributed by atoms with Gasteiger partial charge in [-0.15, -0.1) is 13.2 Å². The molecule has 0 unspecified atom stereocenters. The standard InChI is InChI=1S/C13H14F3N3O3S/c1-10(9-19-8-4-7-17-19)18-23(20,21)12-6-3-2-5-11(12)22-13(14,15)16/h2-8,10,18H,9H2,1H3/t10-/m1/s1. The SMILES string of the molecule is C[C@H](Cn1cccn1)NS(=O)(=O)c1ccccc1OC(F)(F)F. The van der Waals surface area contributed by atoms with Gasteiger partial charge in [0.15, 0.2) is 0 Å². The van der Waals surface area contributed by atoms with E-state index in [1.165, 1.54) is 23.0 Å². The Morgan fingerprint density at radius 1 is 1.30 bits per heavy atom. The van der Waals surface area contributed by atoms with E-state index in [4.69, 9.17) is 0 Å². The normalized spacial score (nSPS) is 13.7. The Hall–Kier alpha value is -2.07. The molecule has 0 saturated heterocycles. The van der Waals surface area contributed by atoms with Crippen molar-refractivity contribution in [1.82, 2.24) is 14.5 Å². The van der Waals surface area contributed by atoms with E-state index in [9.17, 15) is 21.6 Å². The summed E-state index contributed by atoms with van der Waals surface area (Å²) in [4.78, 5) is -0.579. The van der Waals surface area contributed by atoms with Crippen molar-refractivity contribution in [2.45, 2.75) is 30.8 Å². The first-order chi connectivity index (χ1) is 10.7. The quantitative estimate of drug-likeness (QED) is 0.867. The number of halogens is 3. The Kier molecular flexibility index (Phi) is 4.95. The summed E-state index contributed by atoms with van der Waals surface area (Å²) in [6.45, 7) is 1.81. The lowest BCUT2D eigenvalue weighted by molar-refractivity contribution is -0.275. The van der Waals surface area contributed by atoms with Crippen molar-refractivity contribution >= 4 is 10.0 Å². The van der Waals surface area contributed by atoms with Crippen LogP contribution in [0, 0.1) is 0 Å². The van der Waals surface area contributed by atoms with Crippen LogP contribution < -0.4 is 9.46 Å². The van der Waals surface area contributed by atoms with Crippen molar-refractivity contribution in [3.63, 3.8) is 0 Å². The highest BCUT2D eigenvalue weighted by molar-refractivity contribution is 7.89. The van der Waals surface area contributed by atoms with Crippen LogP contribution in [0.25, 0.3) is 0 Å². The van der Waals surface area contributed by atoms with E-state index in [0.717, 1.165) is 12.1 Å². The molecule has 0 amide bonds. The summed E-state index contributed by atoms with van der Waals surface area (Å²) in [5.74, 6) is -0.779. The molecule has 23 heavy (non-hydrogen) atoms. The number of para-hydroxylation sites is 1. The molecule has 0 fully saturated rings. The number of benzene rings is 1. The highest BCUT2D eigenvalue weighted by Gasteiger charge is 2.34. The number of hydrogen-bond acceptors (Lipinski definition) is 4. The molecule has 1 aromatic carbocycles. The number of nitrogens with one attached hydrogen (secondary N) is 1. The Labute approximate surface area is 130 Å². The van der Waals surface area contributed by atoms with Gasteiger partial charge < -0.3 is 4.74 Å². The van der Waals surface area contributed by atoms with Gasteiger partial charge in [-0.2, -0.15) is 5.10 Å². The second-order valence-electron chi connectivity index (χ2n) is 4.74. The summed E-state index contributed by atoms with van der Waals surface area (Å²) in [5, 5.41) is 3.93. The van der Waals surface area contributed by atoms with Crippen LogP contribution in [-0.4, -0.2) is 30.6 Å². The molecule has 1 heterocycles. The zero-order chi connectivity index (χ0) is 17.1. The second kappa shape index (κ2) is 6.59. The zero-order valence-electron chi connectivity index (χ0n) is 12.0. The van der Waals surface area contributed by atoms with Gasteiger partial charge in [0.05, 0.1) is 6.54 Å². The number of sulfonamides is 1. The lowest BCUT2D eigenvalue weighted by Gasteiger charge is -2.17. The third kappa shape index (κ3) is 4.96. The van der Waals surface area contributed by atoms with Crippen LogP contribution in [-0.2, 0) is 16.6 Å². The van der Waals surface area contributed by atoms with Gasteiger partial charge in [-0.1, -0.05) is 12.1 Å². The van der Waals surface area contributed by atoms with Crippen molar-refractivity contribution in [2.24, 2.45) is 0 Å². The van der Waals surface area contributed by atoms with Crippen LogP contribution in [0.4, 0.5) is 13.2 Å². The fourth-order valence-corrected chi connectivity index (χ4v) is 3.30. The molecule has 0 aliphatic rings. The molecule has 2 rings (SSSR count). The van der Waals surface area contributed by atoms with Crippen molar-refractivity contribution in [1.29, 1.82) is 0 Å². The molecule has 6 nitrogen and oxygen atoms in total. The molecule has 126 valence electrons. The fourth-order valence-electron chi connectivity index (χ4n) is 1.94. The molecular weight excluding hydrogens is 335 g/mol. The first kappa shape index (κ1) is 17.3. The van der Waals surface area contributed by atoms with Gasteiger partial charge in [-0.05, 0) is 25.1 Å². The highest BCUT2D eigenvalue weighted by atomic mass is 32.2. The van der Waals surface area contributed by atoms with Gasteiger partial charge in [0, 0.05) is 18.4 Å². The monoisotopic (exact) mass is 349 g/mol. The van der Waals surface area contributed by atoms with Gasteiger partial charge in [0.25, 0.3) is 0 Å². The van der Waals surface area contributed by atoms with Gasteiger partial charge in [-0.25, -0.2) is 13.1 Å². The maximum atomic E-state index is 12.4. The number of rotatable bonds is 6. The third-order valence-electron chi connectivity index (χ3n) is 2.74. The van der Waals surface area contributed by atoms with E-state index in [-0.39, 0.29) is 6.54 Å². The molecule has 0 aliphatic heterocycles. The largest absolute Gasteiger partial charge is 0.573 e. The molecule has 1 N–H and O–H groups in total. The molecule has 0 radical (unpaired) electrons. The number of hydrogen-bond donors (Lipinski definition) is 1. The Morgan fingerprint density at radius 3 is 2.61 bits per heavy atom. The van der Waals surface area contributed by atoms with Crippen LogP contribution in [0.1, 0.15) is 6.92 Å². The van der Waals surface area contributed by atoms with Crippen molar-refractivity contribution < 1.29 is 26.3 Å². The Morgan fingerprint density at radius 2 is 2.00 bits per heavy atom. The summed E-state index contributed by atoms with van der Waals surface area (Å²) in [6.07, 6.45) is -1.80. The molecule has 2 aromatic rings. The zero-order valence-corrected chi connectivity index (χ0v) is 12.8. The lowest BCUT2D eigenvalue weighted by Crippen LogP contribution is -2.36. The molecular formula is C13H14F3N3O3S. The smallest absolute Gasteiger partial charge is 0.404 e. The van der Waals surface area contributed by atoms with E-state index in [1.807, 2.05) is 0 Å². The molecule has 10 heteroatoms. The van der Waals surface area contributed by atoms with E-state index in [0.29, 0.717) is 0 Å². The number of nitrogens with zero attached hydrogens (tertiary/aromatic N) is 2. The third-order valence-corrected chi connectivity index (χ3v) is 4.37. The fraction of sp³-hybridized carbons (Fsp3) is 0.308. The minimum Gasteiger partial charge on any atom is -0.404 e. The Bertz CT molecular complexity index is 745. The number of alkyl halides is 3. The molecule has 0 spiro atoms. The molecule has 0 bridgehead atoms. The van der Waals surface area contributed by atoms with Gasteiger partial charge in [0.1, 0.15) is 10.6 Å². The summed E-state index contributed by atoms with van der Waals surface area (Å²) < 4.78 is 69.3. The van der Waals surface area contributed by atoms with Crippen LogP contribution in [0.2, 0.25) is 0 Å². The van der Waals surface area contributed by atoms with E-state index in [2.05, 4.69) is 14.6 Å². The maximum Gasteiger partial charge on any atom is 0.573 e. The van der Waals surface area contributed by atoms with Crippen LogP contribution in [0.5, 0.6) is 5.75 Å². The number of aromatic nitrogens is 2. The summed E-state index contributed by atoms with van der Waals surface area (Å²) in [7, 11) is -4.18. The topological polar surface area (TPSA) is 73.2 Å². The summed E-state index contributed by atoms with van der Waals surface area (Å²) in [5.41, 5.74) is 0. The first-order valence-electron chi connectivity index (χ1n) is 6.52. The first-order valence-corrected chi connectivity index (χ1v) is 8.00. The van der Waals surface area contributed by atoms with E-state index < -0.39 is 33.1 Å². The minimum atomic E-state index is -4.98. The second-order valence-corrected chi connectivity index (χ2v) is 6.43. The summed E-state index contributed by atoms with van der Waals surface area (Å²) in [6, 6.07) is 5.65. The van der Waals surface area contributed by atoms with Crippen molar-refractivity contribution in [2.75, 3.05) is 0 Å². The molecule has 0 saturated carbocycles. The van der Waals surface area contributed by atoms with Crippen molar-refractivity contribution in [3.05, 3.63) is 42.7 Å². The average molecular weight is 349 g/mol. The lowest BCUT2D eigenvalue weighted by atomic mass is 10.3. The van der Waals surface area contributed by atoms with Crippen LogP contribution in [0.15, 0.2) is 47.6 Å². The molecule has 1 atom stereocenters. The van der Waals surface area contributed by atoms with Gasteiger partial charge >= 0.3 is 6.36 Å². The Balaban J connectivity index is 2.19. The molecule has 1 aromatic heterocycles. The van der Waals surface area contributed by atoms with Crippen molar-refractivity contribution in [3.8, 4) is 5.75 Å². The predicted octanol–water partition coefficient (Wildman–Crippen LogP) is 2.15. The van der Waals surface area contributed by atoms with Gasteiger partial charge in [-0.3, -0.25) is 4.68 Å². The predicted molar refractivity (Wildman–Crippen MR) is 75.1 cm³/mol. The number of ether oxygens (including phenoxy) is 1. The maximum absolute atomic E-state index is 12.4. The molecule has 0 aliphatic carbocycles. The van der Waals surface area contributed by atoms with Gasteiger partial charge in [0.2, 0.25) is 10.0 Å². The summed E-state index contributed by atoms with van der Waals surface area (Å²) >= 11 is 0. The van der Waals surface area contributed by atoms with E-state index in [1.54, 1.807) is 19.2 Å². The highest BCUT2D eigenvalue weighted by Crippen LogP contribution is 2.29. The van der Waals surface area contributed by atoms with E-state index >= 15 is 0 Å². The minimum absolute atomic E-state index is 0.231. The van der Waals surface area contributed by atoms with Crippen LogP contribution >= 0.6 is 0 Å².